The van der Waals surface area contributed by atoms with Crippen molar-refractivity contribution in [3.05, 3.63) is 51.6 Å². The third-order valence-corrected chi connectivity index (χ3v) is 3.51. The van der Waals surface area contributed by atoms with Crippen molar-refractivity contribution >= 4 is 28.1 Å². The maximum absolute atomic E-state index is 12.2. The maximum atomic E-state index is 12.2. The summed E-state index contributed by atoms with van der Waals surface area (Å²) in [4.78, 5) is 12.2. The fourth-order valence-electron chi connectivity index (χ4n) is 2.46. The standard InChI is InChI=1S/C15H13NO/c1-9-7-8-12-10(2)16(3)15(17)13-6-4-5-11(9)14(12)13/h4-8H,2H2,1,3H3. The van der Waals surface area contributed by atoms with Crippen molar-refractivity contribution in [2.24, 2.45) is 7.05 Å². The predicted octanol–water partition coefficient (Wildman–Crippen LogP) is 2.13. The molecule has 1 heterocycles. The molecule has 84 valence electrons. The van der Waals surface area contributed by atoms with Crippen molar-refractivity contribution in [2.45, 2.75) is 6.92 Å². The molecular weight excluding hydrogens is 210 g/mol. The Morgan fingerprint density at radius 3 is 2.53 bits per heavy atom. The molecule has 0 fully saturated rings. The maximum Gasteiger partial charge on any atom is 0.258 e. The Kier molecular flexibility index (Phi) is 1.90. The van der Waals surface area contributed by atoms with E-state index < -0.39 is 0 Å². The van der Waals surface area contributed by atoms with Gasteiger partial charge in [-0.05, 0) is 23.9 Å². The molecule has 2 heteroatoms. The monoisotopic (exact) mass is 223 g/mol. The van der Waals surface area contributed by atoms with Gasteiger partial charge in [0, 0.05) is 28.6 Å². The van der Waals surface area contributed by atoms with Crippen LogP contribution in [0.5, 0.6) is 0 Å². The van der Waals surface area contributed by atoms with Gasteiger partial charge < -0.3 is 4.57 Å². The summed E-state index contributed by atoms with van der Waals surface area (Å²) in [5.41, 5.74) is 1.22. The van der Waals surface area contributed by atoms with E-state index in [1.165, 1.54) is 5.56 Å². The van der Waals surface area contributed by atoms with E-state index in [0.29, 0.717) is 0 Å². The van der Waals surface area contributed by atoms with Crippen LogP contribution in [0.4, 0.5) is 0 Å². The van der Waals surface area contributed by atoms with Crippen molar-refractivity contribution in [1.29, 1.82) is 0 Å². The molecule has 0 radical (unpaired) electrons. The van der Waals surface area contributed by atoms with Gasteiger partial charge in [0.1, 0.15) is 0 Å². The number of aryl methyl sites for hydroxylation is 1. The zero-order chi connectivity index (χ0) is 12.2. The van der Waals surface area contributed by atoms with Crippen molar-refractivity contribution in [2.75, 3.05) is 0 Å². The summed E-state index contributed by atoms with van der Waals surface area (Å²) in [6.07, 6.45) is 0. The summed E-state index contributed by atoms with van der Waals surface area (Å²) in [5, 5.41) is 4.79. The lowest BCUT2D eigenvalue weighted by Gasteiger charge is -2.10. The van der Waals surface area contributed by atoms with E-state index in [1.807, 2.05) is 18.2 Å². The molecule has 0 saturated carbocycles. The minimum atomic E-state index is 0.0266. The van der Waals surface area contributed by atoms with Gasteiger partial charge in [0.15, 0.2) is 0 Å². The molecule has 0 N–H and O–H groups in total. The van der Waals surface area contributed by atoms with Crippen LogP contribution in [0.25, 0.3) is 28.1 Å². The van der Waals surface area contributed by atoms with E-state index in [0.717, 1.165) is 26.9 Å². The van der Waals surface area contributed by atoms with Gasteiger partial charge in [-0.15, -0.1) is 0 Å². The molecule has 0 unspecified atom stereocenters. The largest absolute Gasteiger partial charge is 0.311 e. The molecule has 1 aromatic heterocycles. The first-order valence-electron chi connectivity index (χ1n) is 5.61. The lowest BCUT2D eigenvalue weighted by Crippen LogP contribution is -2.30. The quantitative estimate of drug-likeness (QED) is 0.572. The molecular formula is C15H13NO. The number of aromatic nitrogens is 1. The smallest absolute Gasteiger partial charge is 0.258 e. The normalized spacial score (nSPS) is 11.4. The summed E-state index contributed by atoms with van der Waals surface area (Å²) >= 11 is 0. The van der Waals surface area contributed by atoms with Gasteiger partial charge in [0.25, 0.3) is 5.56 Å². The van der Waals surface area contributed by atoms with E-state index in [9.17, 15) is 4.79 Å². The molecule has 0 atom stereocenters. The highest BCUT2D eigenvalue weighted by atomic mass is 16.1. The zero-order valence-electron chi connectivity index (χ0n) is 9.95. The van der Waals surface area contributed by atoms with Gasteiger partial charge in [-0.3, -0.25) is 4.79 Å². The van der Waals surface area contributed by atoms with Gasteiger partial charge in [0.05, 0.1) is 0 Å². The molecule has 0 amide bonds. The fourth-order valence-corrected chi connectivity index (χ4v) is 2.46. The number of nitrogens with zero attached hydrogens (tertiary/aromatic N) is 1. The summed E-state index contributed by atoms with van der Waals surface area (Å²) in [7, 11) is 1.77. The molecule has 2 aromatic carbocycles. The Labute approximate surface area is 98.8 Å². The highest BCUT2D eigenvalue weighted by molar-refractivity contribution is 6.10. The van der Waals surface area contributed by atoms with Gasteiger partial charge in [-0.2, -0.15) is 0 Å². The highest BCUT2D eigenvalue weighted by Gasteiger charge is 2.09. The number of pyridine rings is 1. The summed E-state index contributed by atoms with van der Waals surface area (Å²) in [6, 6.07) is 10.0. The Morgan fingerprint density at radius 1 is 1.06 bits per heavy atom. The van der Waals surface area contributed by atoms with Crippen LogP contribution in [-0.2, 0) is 7.05 Å². The molecule has 3 rings (SSSR count). The summed E-state index contributed by atoms with van der Waals surface area (Å²) in [6.45, 7) is 6.07. The molecule has 0 saturated heterocycles. The Balaban J connectivity index is 2.85. The van der Waals surface area contributed by atoms with Crippen molar-refractivity contribution in [3.63, 3.8) is 0 Å². The average molecular weight is 223 g/mol. The van der Waals surface area contributed by atoms with Crippen LogP contribution in [0.2, 0.25) is 0 Å². The van der Waals surface area contributed by atoms with Crippen LogP contribution < -0.4 is 10.9 Å². The number of rotatable bonds is 0. The van der Waals surface area contributed by atoms with Gasteiger partial charge in [-0.25, -0.2) is 0 Å². The van der Waals surface area contributed by atoms with E-state index in [1.54, 1.807) is 11.6 Å². The molecule has 2 nitrogen and oxygen atoms in total. The molecule has 0 bridgehead atoms. The third kappa shape index (κ3) is 1.18. The lowest BCUT2D eigenvalue weighted by molar-refractivity contribution is 0.849. The van der Waals surface area contributed by atoms with Crippen LogP contribution in [0.1, 0.15) is 5.56 Å². The van der Waals surface area contributed by atoms with Crippen molar-refractivity contribution < 1.29 is 0 Å². The summed E-state index contributed by atoms with van der Waals surface area (Å²) < 4.78 is 1.62. The number of hydrogen-bond acceptors (Lipinski definition) is 1. The first kappa shape index (κ1) is 10.1. The second-order valence-corrected chi connectivity index (χ2v) is 4.47. The topological polar surface area (TPSA) is 22.0 Å². The minimum Gasteiger partial charge on any atom is -0.311 e. The first-order chi connectivity index (χ1) is 8.11. The van der Waals surface area contributed by atoms with Crippen molar-refractivity contribution in [1.82, 2.24) is 4.57 Å². The van der Waals surface area contributed by atoms with Gasteiger partial charge in [0.2, 0.25) is 0 Å². The van der Waals surface area contributed by atoms with Crippen LogP contribution in [-0.4, -0.2) is 4.57 Å². The molecule has 0 aliphatic rings. The highest BCUT2D eigenvalue weighted by Crippen LogP contribution is 2.24. The van der Waals surface area contributed by atoms with Crippen LogP contribution in [0.3, 0.4) is 0 Å². The van der Waals surface area contributed by atoms with Crippen LogP contribution in [0.15, 0.2) is 35.1 Å². The third-order valence-electron chi connectivity index (χ3n) is 3.51. The second kappa shape index (κ2) is 3.20. The van der Waals surface area contributed by atoms with E-state index in [4.69, 9.17) is 0 Å². The number of benzene rings is 2. The van der Waals surface area contributed by atoms with E-state index in [2.05, 4.69) is 25.6 Å². The van der Waals surface area contributed by atoms with Gasteiger partial charge in [-0.1, -0.05) is 30.8 Å². The SMILES string of the molecule is C=c1c2ccc(C)c3cccc(c(=O)n1C)c32. The van der Waals surface area contributed by atoms with Crippen LogP contribution in [0, 0.1) is 6.92 Å². The number of hydrogen-bond donors (Lipinski definition) is 0. The zero-order valence-corrected chi connectivity index (χ0v) is 9.95. The van der Waals surface area contributed by atoms with Crippen molar-refractivity contribution in [3.8, 4) is 0 Å². The molecule has 3 aromatic rings. The molecule has 0 aliphatic heterocycles. The summed E-state index contributed by atoms with van der Waals surface area (Å²) in [5.74, 6) is 0. The second-order valence-electron chi connectivity index (χ2n) is 4.47. The molecule has 0 spiro atoms. The van der Waals surface area contributed by atoms with Crippen LogP contribution >= 0.6 is 0 Å². The Morgan fingerprint density at radius 2 is 1.76 bits per heavy atom. The Bertz CT molecular complexity index is 810. The Hall–Kier alpha value is -2.09. The predicted molar refractivity (Wildman–Crippen MR) is 72.2 cm³/mol. The van der Waals surface area contributed by atoms with Gasteiger partial charge >= 0.3 is 0 Å². The first-order valence-corrected chi connectivity index (χ1v) is 5.61. The van der Waals surface area contributed by atoms with E-state index >= 15 is 0 Å². The van der Waals surface area contributed by atoms with E-state index in [-0.39, 0.29) is 5.56 Å². The average Bonchev–Trinajstić information content (AvgIpc) is 2.35. The molecule has 0 aliphatic carbocycles. The fraction of sp³-hybridized carbons (Fsp3) is 0.133. The lowest BCUT2D eigenvalue weighted by atomic mass is 9.98. The minimum absolute atomic E-state index is 0.0266. The molecule has 17 heavy (non-hydrogen) atoms.